The molecular formula is C9H17BO7P2S. The van der Waals surface area contributed by atoms with Gasteiger partial charge in [0.1, 0.15) is 0 Å². The van der Waals surface area contributed by atoms with E-state index in [1.807, 2.05) is 0 Å². The van der Waals surface area contributed by atoms with E-state index < -0.39 is 38.3 Å². The summed E-state index contributed by atoms with van der Waals surface area (Å²) in [7, 11) is 4.27. The second-order valence-corrected chi connectivity index (χ2v) is 8.79. The highest BCUT2D eigenvalue weighted by molar-refractivity contribution is 8.07. The van der Waals surface area contributed by atoms with Crippen LogP contribution < -0.4 is 0 Å². The minimum Gasteiger partial charge on any atom is -0.379 e. The SMILES string of the molecule is [B]C1C[C@H](/C=C/P(=O)(O)O)[C@@H](OP(O)(=S)OC)[C@H]1OC. The van der Waals surface area contributed by atoms with E-state index in [9.17, 15) is 9.46 Å². The van der Waals surface area contributed by atoms with E-state index in [-0.39, 0.29) is 0 Å². The van der Waals surface area contributed by atoms with Crippen molar-refractivity contribution in [3.8, 4) is 0 Å². The van der Waals surface area contributed by atoms with E-state index in [2.05, 4.69) is 0 Å². The van der Waals surface area contributed by atoms with Crippen molar-refractivity contribution in [2.24, 2.45) is 5.92 Å². The number of rotatable bonds is 6. The fourth-order valence-electron chi connectivity index (χ4n) is 2.12. The Labute approximate surface area is 124 Å². The lowest BCUT2D eigenvalue weighted by Crippen LogP contribution is -2.30. The molecule has 11 heteroatoms. The summed E-state index contributed by atoms with van der Waals surface area (Å²) in [5.74, 6) is -0.0533. The third-order valence-electron chi connectivity index (χ3n) is 3.00. The van der Waals surface area contributed by atoms with Gasteiger partial charge in [0.15, 0.2) is 0 Å². The molecule has 114 valence electrons. The molecule has 2 unspecified atom stereocenters. The zero-order chi connectivity index (χ0) is 15.6. The molecule has 0 heterocycles. The highest BCUT2D eigenvalue weighted by atomic mass is 32.5. The molecular weight excluding hydrogens is 325 g/mol. The van der Waals surface area contributed by atoms with E-state index in [0.717, 1.165) is 5.82 Å². The Balaban J connectivity index is 2.94. The summed E-state index contributed by atoms with van der Waals surface area (Å²) in [6, 6.07) is 0. The second kappa shape index (κ2) is 7.14. The van der Waals surface area contributed by atoms with Gasteiger partial charge in [-0.05, 0) is 24.0 Å². The van der Waals surface area contributed by atoms with E-state index in [0.29, 0.717) is 6.42 Å². The number of ether oxygens (including phenoxy) is 1. The standard InChI is InChI=1S/C9H17BO7P2S/c1-15-9-7(10)5-6(3-4-18(11,12)13)8(9)17-19(14,20)16-2/h3-4,6-9H,5H2,1-2H3,(H,14,20)(H2,11,12,13)/b4-3+/t6-,7?,8+,9-,19?/m0/s1. The van der Waals surface area contributed by atoms with Gasteiger partial charge in [-0.25, -0.2) is 0 Å². The maximum absolute atomic E-state index is 10.9. The molecule has 20 heavy (non-hydrogen) atoms. The molecule has 3 N–H and O–H groups in total. The molecule has 0 amide bonds. The van der Waals surface area contributed by atoms with Crippen LogP contribution in [0.3, 0.4) is 0 Å². The highest BCUT2D eigenvalue weighted by Gasteiger charge is 2.43. The van der Waals surface area contributed by atoms with Crippen LogP contribution in [-0.4, -0.2) is 49.0 Å². The molecule has 1 aliphatic rings. The van der Waals surface area contributed by atoms with Gasteiger partial charge in [0.2, 0.25) is 0 Å². The predicted octanol–water partition coefficient (Wildman–Crippen LogP) is 0.918. The number of hydrogen-bond donors (Lipinski definition) is 3. The summed E-state index contributed by atoms with van der Waals surface area (Å²) in [5, 5.41) is 0. The fraction of sp³-hybridized carbons (Fsp3) is 0.778. The van der Waals surface area contributed by atoms with Gasteiger partial charge >= 0.3 is 14.3 Å². The number of methoxy groups -OCH3 is 1. The zero-order valence-corrected chi connectivity index (χ0v) is 13.6. The van der Waals surface area contributed by atoms with Crippen molar-refractivity contribution in [2.75, 3.05) is 14.2 Å². The molecule has 0 spiro atoms. The molecule has 0 saturated heterocycles. The van der Waals surface area contributed by atoms with Crippen molar-refractivity contribution in [1.82, 2.24) is 0 Å². The van der Waals surface area contributed by atoms with Gasteiger partial charge in [-0.2, -0.15) is 0 Å². The summed E-state index contributed by atoms with van der Waals surface area (Å²) in [6.45, 7) is -3.43. The zero-order valence-electron chi connectivity index (χ0n) is 11.0. The van der Waals surface area contributed by atoms with Gasteiger partial charge in [0.25, 0.3) is 0 Å². The Kier molecular flexibility index (Phi) is 6.60. The average molecular weight is 342 g/mol. The van der Waals surface area contributed by atoms with Crippen molar-refractivity contribution < 1.29 is 33.0 Å². The highest BCUT2D eigenvalue weighted by Crippen LogP contribution is 2.51. The molecule has 2 radical (unpaired) electrons. The lowest BCUT2D eigenvalue weighted by Gasteiger charge is -2.27. The molecule has 0 bridgehead atoms. The predicted molar refractivity (Wildman–Crippen MR) is 78.0 cm³/mol. The van der Waals surface area contributed by atoms with Crippen LogP contribution in [0, 0.1) is 5.92 Å². The molecule has 0 aromatic rings. The van der Waals surface area contributed by atoms with Crippen LogP contribution in [0.1, 0.15) is 6.42 Å². The lowest BCUT2D eigenvalue weighted by molar-refractivity contribution is 0.00539. The lowest BCUT2D eigenvalue weighted by atomic mass is 9.83. The summed E-state index contributed by atoms with van der Waals surface area (Å²) in [4.78, 5) is 27.5. The summed E-state index contributed by atoms with van der Waals surface area (Å²) in [5.41, 5.74) is 0. The molecule has 0 aliphatic heterocycles. The van der Waals surface area contributed by atoms with Gasteiger partial charge in [-0.15, -0.1) is 0 Å². The van der Waals surface area contributed by atoms with Crippen molar-refractivity contribution in [3.05, 3.63) is 11.9 Å². The van der Waals surface area contributed by atoms with E-state index in [4.69, 9.17) is 43.2 Å². The largest absolute Gasteiger partial charge is 0.379 e. The Hall–Kier alpha value is 0.445. The van der Waals surface area contributed by atoms with E-state index >= 15 is 0 Å². The van der Waals surface area contributed by atoms with Crippen LogP contribution in [0.25, 0.3) is 0 Å². The minimum atomic E-state index is -4.28. The van der Waals surface area contributed by atoms with E-state index in [1.54, 1.807) is 0 Å². The topological polar surface area (TPSA) is 105 Å². The monoisotopic (exact) mass is 342 g/mol. The fourth-order valence-corrected chi connectivity index (χ4v) is 3.54. The Morgan fingerprint density at radius 3 is 2.35 bits per heavy atom. The van der Waals surface area contributed by atoms with Crippen LogP contribution >= 0.6 is 14.3 Å². The molecule has 0 aromatic carbocycles. The van der Waals surface area contributed by atoms with Crippen molar-refractivity contribution in [1.29, 1.82) is 0 Å². The van der Waals surface area contributed by atoms with Crippen molar-refractivity contribution in [2.45, 2.75) is 24.4 Å². The third kappa shape index (κ3) is 5.33. The molecule has 5 atom stereocenters. The Morgan fingerprint density at radius 1 is 1.30 bits per heavy atom. The first-order valence-corrected chi connectivity index (χ1v) is 9.97. The van der Waals surface area contributed by atoms with Crippen LogP contribution in [0.15, 0.2) is 11.9 Å². The first-order chi connectivity index (χ1) is 9.09. The molecule has 0 aromatic heterocycles. The summed E-state index contributed by atoms with van der Waals surface area (Å²) in [6.07, 6.45) is 0.424. The molecule has 1 aliphatic carbocycles. The van der Waals surface area contributed by atoms with Crippen molar-refractivity contribution in [3.63, 3.8) is 0 Å². The first kappa shape index (κ1) is 18.5. The van der Waals surface area contributed by atoms with Gasteiger partial charge in [0.05, 0.1) is 20.1 Å². The van der Waals surface area contributed by atoms with Gasteiger partial charge in [-0.1, -0.05) is 6.08 Å². The smallest absolute Gasteiger partial charge is 0.348 e. The maximum atomic E-state index is 10.9. The number of hydrogen-bond acceptors (Lipinski definition) is 5. The third-order valence-corrected chi connectivity index (χ3v) is 5.23. The average Bonchev–Trinajstić information content (AvgIpc) is 2.61. The van der Waals surface area contributed by atoms with E-state index in [1.165, 1.54) is 20.3 Å². The molecule has 1 saturated carbocycles. The van der Waals surface area contributed by atoms with Crippen molar-refractivity contribution >= 4 is 34.0 Å². The van der Waals surface area contributed by atoms with Gasteiger partial charge in [0, 0.05) is 26.0 Å². The maximum Gasteiger partial charge on any atom is 0.348 e. The Morgan fingerprint density at radius 2 is 1.90 bits per heavy atom. The van der Waals surface area contributed by atoms with Crippen LogP contribution in [0.4, 0.5) is 0 Å². The summed E-state index contributed by atoms with van der Waals surface area (Å²) >= 11 is 4.78. The van der Waals surface area contributed by atoms with Gasteiger partial charge < -0.3 is 28.5 Å². The second-order valence-electron chi connectivity index (χ2n) is 4.42. The minimum absolute atomic E-state index is 0.388. The Bertz CT molecular complexity index is 454. The normalized spacial score (nSPS) is 34.5. The quantitative estimate of drug-likeness (QED) is 0.483. The van der Waals surface area contributed by atoms with Gasteiger partial charge in [-0.3, -0.25) is 4.57 Å². The van der Waals surface area contributed by atoms with Crippen LogP contribution in [-0.2, 0) is 30.2 Å². The first-order valence-electron chi connectivity index (χ1n) is 5.69. The molecule has 1 fully saturated rings. The molecule has 1 rings (SSSR count). The van der Waals surface area contributed by atoms with Crippen LogP contribution in [0.2, 0.25) is 5.82 Å². The summed E-state index contributed by atoms with van der Waals surface area (Å²) < 4.78 is 26.2. The molecule has 7 nitrogen and oxygen atoms in total. The van der Waals surface area contributed by atoms with Crippen LogP contribution in [0.5, 0.6) is 0 Å².